The van der Waals surface area contributed by atoms with Crippen LogP contribution in [-0.2, 0) is 4.74 Å². The first-order chi connectivity index (χ1) is 7.54. The van der Waals surface area contributed by atoms with E-state index in [1.807, 2.05) is 6.92 Å². The van der Waals surface area contributed by atoms with Gasteiger partial charge in [-0.1, -0.05) is 13.8 Å². The second-order valence-electron chi connectivity index (χ2n) is 5.88. The molecule has 92 valence electrons. The summed E-state index contributed by atoms with van der Waals surface area (Å²) in [5.41, 5.74) is 0.548. The standard InChI is InChI=1S/C13H23NO2/c1-4-14-12(15)16-11-7-13(8-11)5-10(6-13)9(2)3/h9-11H,4-8H2,1-3H3,(H,14,15). The highest BCUT2D eigenvalue weighted by molar-refractivity contribution is 5.67. The third-order valence-corrected chi connectivity index (χ3v) is 4.25. The van der Waals surface area contributed by atoms with Crippen LogP contribution in [0.25, 0.3) is 0 Å². The summed E-state index contributed by atoms with van der Waals surface area (Å²) in [4.78, 5) is 11.2. The Morgan fingerprint density at radius 1 is 1.38 bits per heavy atom. The molecule has 2 rings (SSSR count). The van der Waals surface area contributed by atoms with Gasteiger partial charge in [-0.05, 0) is 49.9 Å². The van der Waals surface area contributed by atoms with Crippen molar-refractivity contribution in [2.24, 2.45) is 17.3 Å². The lowest BCUT2D eigenvalue weighted by Crippen LogP contribution is -2.53. The predicted octanol–water partition coefficient (Wildman–Crippen LogP) is 2.95. The van der Waals surface area contributed by atoms with Crippen LogP contribution in [0, 0.1) is 17.3 Å². The molecule has 0 bridgehead atoms. The maximum absolute atomic E-state index is 11.2. The molecule has 16 heavy (non-hydrogen) atoms. The highest BCUT2D eigenvalue weighted by Gasteiger charge is 2.54. The van der Waals surface area contributed by atoms with E-state index in [9.17, 15) is 4.79 Å². The maximum Gasteiger partial charge on any atom is 0.407 e. The molecule has 0 aliphatic heterocycles. The van der Waals surface area contributed by atoms with E-state index in [4.69, 9.17) is 4.74 Å². The zero-order valence-electron chi connectivity index (χ0n) is 10.6. The van der Waals surface area contributed by atoms with E-state index >= 15 is 0 Å². The summed E-state index contributed by atoms with van der Waals surface area (Å²) in [5.74, 6) is 1.72. The molecule has 0 saturated heterocycles. The fraction of sp³-hybridized carbons (Fsp3) is 0.923. The number of nitrogens with one attached hydrogen (secondary N) is 1. The van der Waals surface area contributed by atoms with E-state index in [-0.39, 0.29) is 12.2 Å². The minimum absolute atomic E-state index is 0.180. The SMILES string of the molecule is CCNC(=O)OC1CC2(C1)CC(C(C)C)C2. The van der Waals surface area contributed by atoms with Crippen molar-refractivity contribution in [3.63, 3.8) is 0 Å². The predicted molar refractivity (Wildman–Crippen MR) is 63.2 cm³/mol. The van der Waals surface area contributed by atoms with Crippen LogP contribution >= 0.6 is 0 Å². The largest absolute Gasteiger partial charge is 0.446 e. The molecule has 0 atom stereocenters. The van der Waals surface area contributed by atoms with Crippen molar-refractivity contribution < 1.29 is 9.53 Å². The third kappa shape index (κ3) is 2.18. The van der Waals surface area contributed by atoms with Gasteiger partial charge >= 0.3 is 6.09 Å². The van der Waals surface area contributed by atoms with Crippen molar-refractivity contribution in [3.8, 4) is 0 Å². The monoisotopic (exact) mass is 225 g/mol. The number of rotatable bonds is 3. The van der Waals surface area contributed by atoms with Crippen LogP contribution in [-0.4, -0.2) is 18.7 Å². The molecule has 2 aliphatic rings. The first kappa shape index (κ1) is 11.7. The Bertz CT molecular complexity index is 261. The maximum atomic E-state index is 11.2. The molecule has 1 amide bonds. The lowest BCUT2D eigenvalue weighted by Gasteiger charge is -2.58. The summed E-state index contributed by atoms with van der Waals surface area (Å²) < 4.78 is 5.30. The van der Waals surface area contributed by atoms with Crippen molar-refractivity contribution in [1.82, 2.24) is 5.32 Å². The number of hydrogen-bond donors (Lipinski definition) is 1. The van der Waals surface area contributed by atoms with Gasteiger partial charge in [0.05, 0.1) is 0 Å². The average Bonchev–Trinajstić information content (AvgIpc) is 2.06. The quantitative estimate of drug-likeness (QED) is 0.802. The van der Waals surface area contributed by atoms with Crippen molar-refractivity contribution in [2.75, 3.05) is 6.54 Å². The fourth-order valence-corrected chi connectivity index (χ4v) is 3.18. The summed E-state index contributed by atoms with van der Waals surface area (Å²) in [6.45, 7) is 7.16. The van der Waals surface area contributed by atoms with Gasteiger partial charge in [-0.15, -0.1) is 0 Å². The van der Waals surface area contributed by atoms with E-state index in [0.29, 0.717) is 12.0 Å². The number of ether oxygens (including phenoxy) is 1. The molecule has 2 fully saturated rings. The number of carbonyl (C=O) groups is 1. The van der Waals surface area contributed by atoms with Gasteiger partial charge in [0.2, 0.25) is 0 Å². The Morgan fingerprint density at radius 3 is 2.50 bits per heavy atom. The molecule has 0 aromatic rings. The molecule has 1 spiro atoms. The van der Waals surface area contributed by atoms with E-state index in [2.05, 4.69) is 19.2 Å². The molecule has 0 unspecified atom stereocenters. The summed E-state index contributed by atoms with van der Waals surface area (Å²) in [7, 11) is 0. The highest BCUT2D eigenvalue weighted by atomic mass is 16.6. The van der Waals surface area contributed by atoms with Gasteiger partial charge in [-0.3, -0.25) is 0 Å². The van der Waals surface area contributed by atoms with Crippen molar-refractivity contribution in [3.05, 3.63) is 0 Å². The Hall–Kier alpha value is -0.730. The van der Waals surface area contributed by atoms with E-state index in [0.717, 1.165) is 24.7 Å². The van der Waals surface area contributed by atoms with E-state index in [1.54, 1.807) is 0 Å². The molecule has 0 aromatic carbocycles. The number of amides is 1. The molecule has 2 aliphatic carbocycles. The van der Waals surface area contributed by atoms with Crippen LogP contribution in [0.1, 0.15) is 46.5 Å². The molecule has 2 saturated carbocycles. The second kappa shape index (κ2) is 4.27. The highest BCUT2D eigenvalue weighted by Crippen LogP contribution is 2.61. The summed E-state index contributed by atoms with van der Waals surface area (Å²) >= 11 is 0. The third-order valence-electron chi connectivity index (χ3n) is 4.25. The normalized spacial score (nSPS) is 36.8. The van der Waals surface area contributed by atoms with Crippen LogP contribution in [0.2, 0.25) is 0 Å². The van der Waals surface area contributed by atoms with Crippen molar-refractivity contribution in [1.29, 1.82) is 0 Å². The van der Waals surface area contributed by atoms with Crippen molar-refractivity contribution >= 4 is 6.09 Å². The lowest BCUT2D eigenvalue weighted by atomic mass is 9.49. The van der Waals surface area contributed by atoms with Crippen LogP contribution in [0.15, 0.2) is 0 Å². The topological polar surface area (TPSA) is 38.3 Å². The van der Waals surface area contributed by atoms with Crippen LogP contribution < -0.4 is 5.32 Å². The Morgan fingerprint density at radius 2 is 2.00 bits per heavy atom. The van der Waals surface area contributed by atoms with Gasteiger partial charge in [0.1, 0.15) is 6.10 Å². The minimum Gasteiger partial charge on any atom is -0.446 e. The van der Waals surface area contributed by atoms with Gasteiger partial charge in [0.25, 0.3) is 0 Å². The molecule has 3 nitrogen and oxygen atoms in total. The first-order valence-corrected chi connectivity index (χ1v) is 6.49. The van der Waals surface area contributed by atoms with Crippen LogP contribution in [0.5, 0.6) is 0 Å². The summed E-state index contributed by atoms with van der Waals surface area (Å²) in [6, 6.07) is 0. The number of hydrogen-bond acceptors (Lipinski definition) is 2. The van der Waals surface area contributed by atoms with E-state index in [1.165, 1.54) is 12.8 Å². The van der Waals surface area contributed by atoms with Gasteiger partial charge in [-0.25, -0.2) is 4.79 Å². The molecule has 0 aromatic heterocycles. The van der Waals surface area contributed by atoms with Crippen molar-refractivity contribution in [2.45, 2.75) is 52.6 Å². The first-order valence-electron chi connectivity index (χ1n) is 6.49. The lowest BCUT2D eigenvalue weighted by molar-refractivity contribution is -0.122. The smallest absolute Gasteiger partial charge is 0.407 e. The van der Waals surface area contributed by atoms with Gasteiger partial charge in [0.15, 0.2) is 0 Å². The number of carbonyl (C=O) groups excluding carboxylic acids is 1. The van der Waals surface area contributed by atoms with Gasteiger partial charge in [0, 0.05) is 6.54 Å². The van der Waals surface area contributed by atoms with E-state index < -0.39 is 0 Å². The molecular weight excluding hydrogens is 202 g/mol. The summed E-state index contributed by atoms with van der Waals surface area (Å²) in [5, 5.41) is 2.67. The molecule has 1 N–H and O–H groups in total. The Balaban J connectivity index is 1.66. The molecule has 0 radical (unpaired) electrons. The molecule has 0 heterocycles. The fourth-order valence-electron chi connectivity index (χ4n) is 3.18. The van der Waals surface area contributed by atoms with Gasteiger partial charge < -0.3 is 10.1 Å². The van der Waals surface area contributed by atoms with Crippen LogP contribution in [0.4, 0.5) is 4.79 Å². The zero-order valence-corrected chi connectivity index (χ0v) is 10.6. The molecular formula is C13H23NO2. The zero-order chi connectivity index (χ0) is 11.8. The van der Waals surface area contributed by atoms with Crippen LogP contribution in [0.3, 0.4) is 0 Å². The summed E-state index contributed by atoms with van der Waals surface area (Å²) in [6.07, 6.45) is 4.81. The van der Waals surface area contributed by atoms with Gasteiger partial charge in [-0.2, -0.15) is 0 Å². The molecule has 3 heteroatoms. The average molecular weight is 225 g/mol. The minimum atomic E-state index is -0.248. The Kier molecular flexibility index (Phi) is 3.13. The number of alkyl carbamates (subject to hydrolysis) is 1. The second-order valence-corrected chi connectivity index (χ2v) is 5.88. The Labute approximate surface area is 97.9 Å².